The highest BCUT2D eigenvalue weighted by Gasteiger charge is 2.29. The number of halogens is 2. The van der Waals surface area contributed by atoms with Crippen LogP contribution in [0.1, 0.15) is 16.5 Å². The van der Waals surface area contributed by atoms with Crippen molar-refractivity contribution in [3.8, 4) is 5.75 Å². The quantitative estimate of drug-likeness (QED) is 0.740. The lowest BCUT2D eigenvalue weighted by atomic mass is 10.0. The molecule has 1 nitrogen and oxygen atoms in total. The van der Waals surface area contributed by atoms with E-state index in [-0.39, 0.29) is 17.3 Å². The monoisotopic (exact) mass is 262 g/mol. The van der Waals surface area contributed by atoms with Crippen molar-refractivity contribution in [3.05, 3.63) is 65.5 Å². The Labute approximate surface area is 110 Å². The summed E-state index contributed by atoms with van der Waals surface area (Å²) in [5.74, 6) is 0.647. The van der Waals surface area contributed by atoms with Gasteiger partial charge >= 0.3 is 0 Å². The summed E-state index contributed by atoms with van der Waals surface area (Å²) in [6.45, 7) is 0. The van der Waals surface area contributed by atoms with Crippen molar-refractivity contribution in [1.82, 2.24) is 0 Å². The summed E-state index contributed by atoms with van der Waals surface area (Å²) in [6.07, 6.45) is 0.705. The highest BCUT2D eigenvalue weighted by atomic mass is 35.5. The average molecular weight is 263 g/mol. The van der Waals surface area contributed by atoms with Crippen LogP contribution in [-0.4, -0.2) is 6.10 Å². The van der Waals surface area contributed by atoms with Crippen LogP contribution in [-0.2, 0) is 6.42 Å². The van der Waals surface area contributed by atoms with E-state index in [2.05, 4.69) is 0 Å². The Morgan fingerprint density at radius 2 is 1.83 bits per heavy atom. The zero-order valence-electron chi connectivity index (χ0n) is 9.64. The molecule has 0 saturated heterocycles. The topological polar surface area (TPSA) is 9.23 Å². The highest BCUT2D eigenvalue weighted by molar-refractivity contribution is 6.21. The SMILES string of the molecule is Fc1ccc(C(Cl)C2Cc3ccccc3O2)cc1. The molecule has 18 heavy (non-hydrogen) atoms. The molecule has 92 valence electrons. The predicted octanol–water partition coefficient (Wildman–Crippen LogP) is 4.11. The average Bonchev–Trinajstić information content (AvgIpc) is 2.82. The third kappa shape index (κ3) is 2.08. The Kier molecular flexibility index (Phi) is 2.96. The highest BCUT2D eigenvalue weighted by Crippen LogP contribution is 2.37. The Bertz CT molecular complexity index is 528. The molecular formula is C15H12ClFO. The molecule has 2 aromatic carbocycles. The van der Waals surface area contributed by atoms with Crippen molar-refractivity contribution >= 4 is 11.6 Å². The van der Waals surface area contributed by atoms with Crippen molar-refractivity contribution in [1.29, 1.82) is 0 Å². The van der Waals surface area contributed by atoms with Gasteiger partial charge in [0.25, 0.3) is 0 Å². The minimum atomic E-state index is -0.266. The van der Waals surface area contributed by atoms with Gasteiger partial charge in [0.2, 0.25) is 0 Å². The van der Waals surface area contributed by atoms with E-state index in [0.29, 0.717) is 0 Å². The second-order valence-corrected chi connectivity index (χ2v) is 4.89. The summed E-state index contributed by atoms with van der Waals surface area (Å²) >= 11 is 6.41. The Hall–Kier alpha value is -1.54. The molecule has 2 atom stereocenters. The molecule has 1 aliphatic rings. The van der Waals surface area contributed by atoms with Gasteiger partial charge in [-0.1, -0.05) is 30.3 Å². The number of ether oxygens (including phenoxy) is 1. The molecule has 2 unspecified atom stereocenters. The van der Waals surface area contributed by atoms with Crippen LogP contribution in [0.5, 0.6) is 5.75 Å². The number of fused-ring (bicyclic) bond motifs is 1. The molecule has 0 radical (unpaired) electrons. The molecule has 3 heteroatoms. The van der Waals surface area contributed by atoms with E-state index in [1.807, 2.05) is 24.3 Å². The molecule has 0 saturated carbocycles. The van der Waals surface area contributed by atoms with Gasteiger partial charge in [0, 0.05) is 6.42 Å². The van der Waals surface area contributed by atoms with Gasteiger partial charge in [-0.2, -0.15) is 0 Å². The van der Waals surface area contributed by atoms with Gasteiger partial charge < -0.3 is 4.74 Å². The van der Waals surface area contributed by atoms with Crippen LogP contribution < -0.4 is 4.74 Å². The maximum absolute atomic E-state index is 12.9. The molecule has 3 rings (SSSR count). The number of para-hydroxylation sites is 1. The number of alkyl halides is 1. The first-order chi connectivity index (χ1) is 8.74. The second-order valence-electron chi connectivity index (χ2n) is 4.42. The first-order valence-corrected chi connectivity index (χ1v) is 6.32. The molecule has 0 aliphatic carbocycles. The third-order valence-electron chi connectivity index (χ3n) is 3.19. The van der Waals surface area contributed by atoms with E-state index in [9.17, 15) is 4.39 Å². The maximum atomic E-state index is 12.9. The van der Waals surface area contributed by atoms with E-state index in [4.69, 9.17) is 16.3 Å². The van der Waals surface area contributed by atoms with Crippen molar-refractivity contribution in [3.63, 3.8) is 0 Å². The molecule has 0 aromatic heterocycles. The van der Waals surface area contributed by atoms with Gasteiger partial charge in [-0.15, -0.1) is 11.6 Å². The summed E-state index contributed by atoms with van der Waals surface area (Å²) in [7, 11) is 0. The summed E-state index contributed by atoms with van der Waals surface area (Å²) in [5, 5.41) is -0.266. The summed E-state index contributed by atoms with van der Waals surface area (Å²) in [6, 6.07) is 14.2. The lowest BCUT2D eigenvalue weighted by Gasteiger charge is -2.17. The zero-order valence-corrected chi connectivity index (χ0v) is 10.4. The van der Waals surface area contributed by atoms with Gasteiger partial charge in [-0.25, -0.2) is 4.39 Å². The van der Waals surface area contributed by atoms with Gasteiger partial charge in [0.1, 0.15) is 17.7 Å². The molecule has 0 spiro atoms. The first kappa shape index (κ1) is 11.5. The van der Waals surface area contributed by atoms with E-state index >= 15 is 0 Å². The van der Waals surface area contributed by atoms with Crippen LogP contribution in [0.25, 0.3) is 0 Å². The van der Waals surface area contributed by atoms with Crippen molar-refractivity contribution in [2.75, 3.05) is 0 Å². The first-order valence-electron chi connectivity index (χ1n) is 5.88. The Balaban J connectivity index is 1.80. The smallest absolute Gasteiger partial charge is 0.123 e. The second kappa shape index (κ2) is 4.62. The van der Waals surface area contributed by atoms with E-state index in [0.717, 1.165) is 17.7 Å². The number of benzene rings is 2. The lowest BCUT2D eigenvalue weighted by molar-refractivity contribution is 0.227. The molecule has 0 amide bonds. The normalized spacial score (nSPS) is 19.1. The minimum absolute atomic E-state index is 0.0884. The largest absolute Gasteiger partial charge is 0.488 e. The fraction of sp³-hybridized carbons (Fsp3) is 0.200. The summed E-state index contributed by atoms with van der Waals surface area (Å²) < 4.78 is 18.7. The van der Waals surface area contributed by atoms with Crippen molar-refractivity contribution in [2.24, 2.45) is 0 Å². The fourth-order valence-corrected chi connectivity index (χ4v) is 2.52. The maximum Gasteiger partial charge on any atom is 0.123 e. The van der Waals surface area contributed by atoms with Crippen LogP contribution in [0, 0.1) is 5.82 Å². The van der Waals surface area contributed by atoms with Crippen LogP contribution in [0.4, 0.5) is 4.39 Å². The van der Waals surface area contributed by atoms with Gasteiger partial charge in [-0.05, 0) is 29.3 Å². The predicted molar refractivity (Wildman–Crippen MR) is 69.6 cm³/mol. The summed E-state index contributed by atoms with van der Waals surface area (Å²) in [4.78, 5) is 0. The van der Waals surface area contributed by atoms with Crippen molar-refractivity contribution < 1.29 is 9.13 Å². The molecule has 1 aliphatic heterocycles. The summed E-state index contributed by atoms with van der Waals surface area (Å²) in [5.41, 5.74) is 2.06. The van der Waals surface area contributed by atoms with Crippen LogP contribution in [0.15, 0.2) is 48.5 Å². The van der Waals surface area contributed by atoms with Crippen LogP contribution in [0.3, 0.4) is 0 Å². The van der Waals surface area contributed by atoms with E-state index in [1.54, 1.807) is 12.1 Å². The van der Waals surface area contributed by atoms with E-state index in [1.165, 1.54) is 17.7 Å². The Morgan fingerprint density at radius 1 is 1.11 bits per heavy atom. The molecule has 0 fully saturated rings. The number of hydrogen-bond acceptors (Lipinski definition) is 1. The zero-order chi connectivity index (χ0) is 12.5. The van der Waals surface area contributed by atoms with Gasteiger partial charge in [0.05, 0.1) is 5.38 Å². The molecule has 1 heterocycles. The molecule has 0 N–H and O–H groups in total. The Morgan fingerprint density at radius 3 is 2.56 bits per heavy atom. The molecule has 0 bridgehead atoms. The minimum Gasteiger partial charge on any atom is -0.488 e. The van der Waals surface area contributed by atoms with Crippen molar-refractivity contribution in [2.45, 2.75) is 17.9 Å². The molecule has 2 aromatic rings. The van der Waals surface area contributed by atoms with Crippen LogP contribution >= 0.6 is 11.6 Å². The van der Waals surface area contributed by atoms with E-state index < -0.39 is 0 Å². The molecular weight excluding hydrogens is 251 g/mol. The standard InChI is InChI=1S/C15H12ClFO/c16-15(10-5-7-12(17)8-6-10)14-9-11-3-1-2-4-13(11)18-14/h1-8,14-15H,9H2. The van der Waals surface area contributed by atoms with Crippen LogP contribution in [0.2, 0.25) is 0 Å². The number of hydrogen-bond donors (Lipinski definition) is 0. The third-order valence-corrected chi connectivity index (χ3v) is 3.72. The van der Waals surface area contributed by atoms with Gasteiger partial charge in [-0.3, -0.25) is 0 Å². The number of rotatable bonds is 2. The van der Waals surface area contributed by atoms with Gasteiger partial charge in [0.15, 0.2) is 0 Å². The fourth-order valence-electron chi connectivity index (χ4n) is 2.23. The lowest BCUT2D eigenvalue weighted by Crippen LogP contribution is -2.19.